The Morgan fingerprint density at radius 3 is 1.94 bits per heavy atom. The van der Waals surface area contributed by atoms with E-state index in [1.165, 1.54) is 0 Å². The normalized spacial score (nSPS) is 9.78. The van der Waals surface area contributed by atoms with E-state index in [1.54, 1.807) is 18.2 Å². The summed E-state index contributed by atoms with van der Waals surface area (Å²) in [5.74, 6) is 2.30. The highest BCUT2D eigenvalue weighted by molar-refractivity contribution is 5.43. The summed E-state index contributed by atoms with van der Waals surface area (Å²) in [4.78, 5) is 0. The van der Waals surface area contributed by atoms with E-state index in [4.69, 9.17) is 15.2 Å². The van der Waals surface area contributed by atoms with Gasteiger partial charge in [0.1, 0.15) is 23.9 Å². The Kier molecular flexibility index (Phi) is 3.86. The van der Waals surface area contributed by atoms with Gasteiger partial charge in [-0.3, -0.25) is 0 Å². The Balaban J connectivity index is 2.01. The smallest absolute Gasteiger partial charge is 0.127 e. The molecular formula is C15H15NO2. The van der Waals surface area contributed by atoms with E-state index in [2.05, 4.69) is 6.58 Å². The number of hydrogen-bond donors (Lipinski definition) is 1. The predicted molar refractivity (Wildman–Crippen MR) is 73.1 cm³/mol. The standard InChI is InChI=1S/C15H15NO2/c1-2-11-17-13-7-9-15(10-8-13)18-14-5-3-12(16)4-6-14/h2-10H,1,11,16H2. The van der Waals surface area contributed by atoms with Crippen molar-refractivity contribution in [2.24, 2.45) is 0 Å². The lowest BCUT2D eigenvalue weighted by Crippen LogP contribution is -1.92. The average molecular weight is 241 g/mol. The lowest BCUT2D eigenvalue weighted by Gasteiger charge is -2.07. The van der Waals surface area contributed by atoms with Crippen molar-refractivity contribution in [3.8, 4) is 17.2 Å². The highest BCUT2D eigenvalue weighted by atomic mass is 16.5. The van der Waals surface area contributed by atoms with Crippen molar-refractivity contribution in [3.05, 3.63) is 61.2 Å². The van der Waals surface area contributed by atoms with E-state index in [1.807, 2.05) is 36.4 Å². The van der Waals surface area contributed by atoms with Crippen molar-refractivity contribution in [1.82, 2.24) is 0 Å². The molecule has 0 aromatic heterocycles. The van der Waals surface area contributed by atoms with Crippen molar-refractivity contribution in [2.75, 3.05) is 12.3 Å². The molecule has 2 aromatic carbocycles. The van der Waals surface area contributed by atoms with Gasteiger partial charge < -0.3 is 15.2 Å². The summed E-state index contributed by atoms with van der Waals surface area (Å²) in [6.07, 6.45) is 1.71. The zero-order valence-corrected chi connectivity index (χ0v) is 10.0. The van der Waals surface area contributed by atoms with Crippen LogP contribution in [-0.4, -0.2) is 6.61 Å². The quantitative estimate of drug-likeness (QED) is 0.642. The van der Waals surface area contributed by atoms with Crippen LogP contribution in [0.15, 0.2) is 61.2 Å². The first-order valence-electron chi connectivity index (χ1n) is 5.65. The number of rotatable bonds is 5. The highest BCUT2D eigenvalue weighted by Gasteiger charge is 1.98. The van der Waals surface area contributed by atoms with Crippen LogP contribution in [0, 0.1) is 0 Å². The number of benzene rings is 2. The number of ether oxygens (including phenoxy) is 2. The molecule has 3 nitrogen and oxygen atoms in total. The summed E-state index contributed by atoms with van der Waals surface area (Å²) in [6, 6.07) is 14.7. The molecule has 0 unspecified atom stereocenters. The van der Waals surface area contributed by atoms with Crippen LogP contribution in [0.2, 0.25) is 0 Å². The fraction of sp³-hybridized carbons (Fsp3) is 0.0667. The summed E-state index contributed by atoms with van der Waals surface area (Å²) in [5, 5.41) is 0. The van der Waals surface area contributed by atoms with Gasteiger partial charge in [-0.2, -0.15) is 0 Å². The van der Waals surface area contributed by atoms with Gasteiger partial charge in [0.2, 0.25) is 0 Å². The summed E-state index contributed by atoms with van der Waals surface area (Å²) < 4.78 is 11.0. The maximum atomic E-state index is 5.66. The molecule has 0 heterocycles. The summed E-state index contributed by atoms with van der Waals surface area (Å²) in [7, 11) is 0. The zero-order valence-electron chi connectivity index (χ0n) is 10.0. The van der Waals surface area contributed by atoms with Gasteiger partial charge in [-0.15, -0.1) is 0 Å². The third-order valence-electron chi connectivity index (χ3n) is 2.31. The Bertz CT molecular complexity index is 503. The van der Waals surface area contributed by atoms with Crippen molar-refractivity contribution in [1.29, 1.82) is 0 Å². The molecule has 0 spiro atoms. The minimum absolute atomic E-state index is 0.498. The Hall–Kier alpha value is -2.42. The maximum Gasteiger partial charge on any atom is 0.127 e. The van der Waals surface area contributed by atoms with E-state index >= 15 is 0 Å². The average Bonchev–Trinajstić information content (AvgIpc) is 2.41. The highest BCUT2D eigenvalue weighted by Crippen LogP contribution is 2.24. The molecule has 2 aromatic rings. The predicted octanol–water partition coefficient (Wildman–Crippen LogP) is 3.63. The SMILES string of the molecule is C=CCOc1ccc(Oc2ccc(N)cc2)cc1. The molecule has 3 heteroatoms. The van der Waals surface area contributed by atoms with Crippen LogP contribution in [0.3, 0.4) is 0 Å². The maximum absolute atomic E-state index is 5.66. The van der Waals surface area contributed by atoms with Gasteiger partial charge in [0.05, 0.1) is 0 Å². The zero-order chi connectivity index (χ0) is 12.8. The number of hydrogen-bond acceptors (Lipinski definition) is 3. The van der Waals surface area contributed by atoms with Gasteiger partial charge in [-0.05, 0) is 48.5 Å². The second-order valence-electron chi connectivity index (χ2n) is 3.74. The number of nitrogen functional groups attached to an aromatic ring is 1. The molecule has 0 bridgehead atoms. The van der Waals surface area contributed by atoms with Crippen molar-refractivity contribution < 1.29 is 9.47 Å². The van der Waals surface area contributed by atoms with Crippen LogP contribution < -0.4 is 15.2 Å². The minimum Gasteiger partial charge on any atom is -0.490 e. The lowest BCUT2D eigenvalue weighted by molar-refractivity contribution is 0.362. The Labute approximate surface area is 106 Å². The van der Waals surface area contributed by atoms with E-state index in [9.17, 15) is 0 Å². The Morgan fingerprint density at radius 2 is 1.39 bits per heavy atom. The second kappa shape index (κ2) is 5.77. The minimum atomic E-state index is 0.498. The van der Waals surface area contributed by atoms with Gasteiger partial charge in [0.15, 0.2) is 0 Å². The van der Waals surface area contributed by atoms with Gasteiger partial charge in [-0.1, -0.05) is 12.7 Å². The summed E-state index contributed by atoms with van der Waals surface area (Å²) in [6.45, 7) is 4.09. The molecule has 18 heavy (non-hydrogen) atoms. The van der Waals surface area contributed by atoms with Gasteiger partial charge >= 0.3 is 0 Å². The molecule has 0 aliphatic carbocycles. The number of nitrogens with two attached hydrogens (primary N) is 1. The molecule has 2 rings (SSSR count). The first kappa shape index (κ1) is 12.0. The number of anilines is 1. The summed E-state index contributed by atoms with van der Waals surface area (Å²) in [5.41, 5.74) is 6.32. The molecule has 92 valence electrons. The monoisotopic (exact) mass is 241 g/mol. The third-order valence-corrected chi connectivity index (χ3v) is 2.31. The second-order valence-corrected chi connectivity index (χ2v) is 3.74. The molecule has 0 atom stereocenters. The van der Waals surface area contributed by atoms with Crippen molar-refractivity contribution in [2.45, 2.75) is 0 Å². The molecule has 0 fully saturated rings. The molecule has 0 amide bonds. The molecule has 0 aliphatic heterocycles. The van der Waals surface area contributed by atoms with Crippen LogP contribution in [0.25, 0.3) is 0 Å². The topological polar surface area (TPSA) is 44.5 Å². The first-order chi connectivity index (χ1) is 8.78. The van der Waals surface area contributed by atoms with Crippen LogP contribution in [0.4, 0.5) is 5.69 Å². The fourth-order valence-electron chi connectivity index (χ4n) is 1.43. The van der Waals surface area contributed by atoms with Gasteiger partial charge in [0.25, 0.3) is 0 Å². The van der Waals surface area contributed by atoms with Crippen molar-refractivity contribution in [3.63, 3.8) is 0 Å². The van der Waals surface area contributed by atoms with Gasteiger partial charge in [-0.25, -0.2) is 0 Å². The van der Waals surface area contributed by atoms with Crippen LogP contribution >= 0.6 is 0 Å². The van der Waals surface area contributed by atoms with E-state index in [0.29, 0.717) is 6.61 Å². The third kappa shape index (κ3) is 3.28. The fourth-order valence-corrected chi connectivity index (χ4v) is 1.43. The first-order valence-corrected chi connectivity index (χ1v) is 5.65. The largest absolute Gasteiger partial charge is 0.490 e. The summed E-state index contributed by atoms with van der Waals surface area (Å²) >= 11 is 0. The Morgan fingerprint density at radius 1 is 0.889 bits per heavy atom. The van der Waals surface area contributed by atoms with E-state index in [0.717, 1.165) is 22.9 Å². The van der Waals surface area contributed by atoms with Crippen LogP contribution in [0.5, 0.6) is 17.2 Å². The molecule has 0 radical (unpaired) electrons. The van der Waals surface area contributed by atoms with Crippen LogP contribution in [-0.2, 0) is 0 Å². The van der Waals surface area contributed by atoms with Gasteiger partial charge in [0, 0.05) is 5.69 Å². The van der Waals surface area contributed by atoms with Crippen LogP contribution in [0.1, 0.15) is 0 Å². The molecular weight excluding hydrogens is 226 g/mol. The lowest BCUT2D eigenvalue weighted by atomic mass is 10.3. The molecule has 0 aliphatic rings. The van der Waals surface area contributed by atoms with Crippen molar-refractivity contribution >= 4 is 5.69 Å². The van der Waals surface area contributed by atoms with E-state index in [-0.39, 0.29) is 0 Å². The molecule has 2 N–H and O–H groups in total. The van der Waals surface area contributed by atoms with E-state index < -0.39 is 0 Å². The molecule has 0 saturated carbocycles. The molecule has 0 saturated heterocycles.